The molecule has 1 N–H and O–H groups in total. The van der Waals surface area contributed by atoms with Crippen LogP contribution in [-0.2, 0) is 4.79 Å². The van der Waals surface area contributed by atoms with Gasteiger partial charge in [0.25, 0.3) is 0 Å². The standard InChI is InChI=1S/C22H23ClO2/c1-13-9-16(15-5-7-17(23)8-6-15)10-14(2)20(13)21-18(24)11-22(3,4)12-19(21)25/h5-10,24H,11-12H2,1-4H3. The zero-order valence-electron chi connectivity index (χ0n) is 15.1. The monoisotopic (exact) mass is 354 g/mol. The lowest BCUT2D eigenvalue weighted by Gasteiger charge is -2.30. The number of aliphatic hydroxyl groups is 1. The van der Waals surface area contributed by atoms with Crippen molar-refractivity contribution < 1.29 is 9.90 Å². The van der Waals surface area contributed by atoms with E-state index in [2.05, 4.69) is 12.1 Å². The van der Waals surface area contributed by atoms with E-state index in [-0.39, 0.29) is 17.0 Å². The lowest BCUT2D eigenvalue weighted by Crippen LogP contribution is -2.25. The fourth-order valence-corrected chi connectivity index (χ4v) is 3.86. The quantitative estimate of drug-likeness (QED) is 0.688. The number of Topliss-reactive ketones (excluding diaryl/α,β-unsaturated/α-hetero) is 1. The molecule has 0 saturated carbocycles. The summed E-state index contributed by atoms with van der Waals surface area (Å²) >= 11 is 5.97. The van der Waals surface area contributed by atoms with Crippen molar-refractivity contribution in [2.45, 2.75) is 40.5 Å². The van der Waals surface area contributed by atoms with E-state index in [1.807, 2.05) is 52.0 Å². The van der Waals surface area contributed by atoms with E-state index in [0.29, 0.717) is 23.4 Å². The van der Waals surface area contributed by atoms with E-state index in [1.165, 1.54) is 0 Å². The Morgan fingerprint density at radius 2 is 1.52 bits per heavy atom. The summed E-state index contributed by atoms with van der Waals surface area (Å²) in [5, 5.41) is 11.2. The highest BCUT2D eigenvalue weighted by Gasteiger charge is 2.34. The molecule has 2 aromatic carbocycles. The molecule has 0 fully saturated rings. The van der Waals surface area contributed by atoms with Gasteiger partial charge in [0.2, 0.25) is 0 Å². The second-order valence-corrected chi connectivity index (χ2v) is 8.19. The molecule has 0 radical (unpaired) electrons. The smallest absolute Gasteiger partial charge is 0.167 e. The molecule has 3 rings (SSSR count). The van der Waals surface area contributed by atoms with Crippen molar-refractivity contribution in [2.24, 2.45) is 5.41 Å². The summed E-state index contributed by atoms with van der Waals surface area (Å²) in [5.74, 6) is 0.242. The summed E-state index contributed by atoms with van der Waals surface area (Å²) in [5.41, 5.74) is 5.35. The molecule has 0 atom stereocenters. The van der Waals surface area contributed by atoms with Crippen molar-refractivity contribution in [2.75, 3.05) is 0 Å². The predicted molar refractivity (Wildman–Crippen MR) is 104 cm³/mol. The highest BCUT2D eigenvalue weighted by Crippen LogP contribution is 2.41. The van der Waals surface area contributed by atoms with Crippen LogP contribution < -0.4 is 0 Å². The first-order valence-electron chi connectivity index (χ1n) is 8.51. The summed E-state index contributed by atoms with van der Waals surface area (Å²) in [4.78, 5) is 12.7. The van der Waals surface area contributed by atoms with Crippen molar-refractivity contribution in [1.82, 2.24) is 0 Å². The highest BCUT2D eigenvalue weighted by atomic mass is 35.5. The van der Waals surface area contributed by atoms with Crippen molar-refractivity contribution in [3.05, 3.63) is 63.9 Å². The zero-order valence-corrected chi connectivity index (χ0v) is 15.9. The van der Waals surface area contributed by atoms with Gasteiger partial charge >= 0.3 is 0 Å². The van der Waals surface area contributed by atoms with Crippen LogP contribution in [0.1, 0.15) is 43.4 Å². The minimum absolute atomic E-state index is 0.0270. The van der Waals surface area contributed by atoms with Crippen LogP contribution in [0, 0.1) is 19.3 Å². The Kier molecular flexibility index (Phi) is 4.51. The number of aliphatic hydroxyl groups excluding tert-OH is 1. The van der Waals surface area contributed by atoms with Crippen molar-refractivity contribution >= 4 is 23.0 Å². The third-order valence-electron chi connectivity index (χ3n) is 4.81. The molecule has 1 aliphatic carbocycles. The molecule has 0 heterocycles. The van der Waals surface area contributed by atoms with Crippen LogP contribution in [0.3, 0.4) is 0 Å². The first-order valence-corrected chi connectivity index (χ1v) is 8.88. The van der Waals surface area contributed by atoms with Crippen molar-refractivity contribution in [1.29, 1.82) is 0 Å². The molecule has 130 valence electrons. The molecule has 3 heteroatoms. The van der Waals surface area contributed by atoms with E-state index in [9.17, 15) is 9.90 Å². The molecule has 0 amide bonds. The largest absolute Gasteiger partial charge is 0.512 e. The summed E-state index contributed by atoms with van der Waals surface area (Å²) < 4.78 is 0. The number of aryl methyl sites for hydroxylation is 2. The summed E-state index contributed by atoms with van der Waals surface area (Å²) in [6.45, 7) is 8.02. The molecule has 0 unspecified atom stereocenters. The topological polar surface area (TPSA) is 37.3 Å². The molecule has 2 aromatic rings. The second-order valence-electron chi connectivity index (χ2n) is 7.75. The molecule has 0 bridgehead atoms. The normalized spacial score (nSPS) is 17.1. The van der Waals surface area contributed by atoms with E-state index in [0.717, 1.165) is 27.8 Å². The van der Waals surface area contributed by atoms with Crippen molar-refractivity contribution in [3.63, 3.8) is 0 Å². The molecular weight excluding hydrogens is 332 g/mol. The Balaban J connectivity index is 2.10. The van der Waals surface area contributed by atoms with Gasteiger partial charge in [-0.25, -0.2) is 0 Å². The molecule has 0 aliphatic heterocycles. The molecule has 2 nitrogen and oxygen atoms in total. The number of benzene rings is 2. The molecule has 25 heavy (non-hydrogen) atoms. The second kappa shape index (κ2) is 6.34. The lowest BCUT2D eigenvalue weighted by molar-refractivity contribution is -0.116. The lowest BCUT2D eigenvalue weighted by atomic mass is 9.74. The molecule has 0 aromatic heterocycles. The maximum absolute atomic E-state index is 12.7. The van der Waals surface area contributed by atoms with E-state index >= 15 is 0 Å². The van der Waals surface area contributed by atoms with Crippen LogP contribution in [0.25, 0.3) is 16.7 Å². The van der Waals surface area contributed by atoms with Crippen LogP contribution in [0.5, 0.6) is 0 Å². The summed E-state index contributed by atoms with van der Waals surface area (Å²) in [7, 11) is 0. The van der Waals surface area contributed by atoms with Crippen molar-refractivity contribution in [3.8, 4) is 11.1 Å². The molecular formula is C22H23ClO2. The van der Waals surface area contributed by atoms with E-state index in [1.54, 1.807) is 0 Å². The fourth-order valence-electron chi connectivity index (χ4n) is 3.74. The number of allylic oxidation sites excluding steroid dienone is 2. The van der Waals surface area contributed by atoms with Crippen LogP contribution >= 0.6 is 11.6 Å². The first kappa shape index (κ1) is 17.8. The van der Waals surface area contributed by atoms with Crippen LogP contribution in [0.2, 0.25) is 5.02 Å². The molecule has 0 saturated heterocycles. The van der Waals surface area contributed by atoms with Gasteiger partial charge in [0, 0.05) is 17.9 Å². The molecule has 0 spiro atoms. The third kappa shape index (κ3) is 3.50. The Labute approximate surface area is 154 Å². The van der Waals surface area contributed by atoms with Gasteiger partial charge in [-0.3, -0.25) is 4.79 Å². The Bertz CT molecular complexity index is 850. The van der Waals surface area contributed by atoms with Gasteiger partial charge in [-0.15, -0.1) is 0 Å². The summed E-state index contributed by atoms with van der Waals surface area (Å²) in [6.07, 6.45) is 0.996. The van der Waals surface area contributed by atoms with Gasteiger partial charge in [0.05, 0.1) is 5.57 Å². The third-order valence-corrected chi connectivity index (χ3v) is 5.06. The highest BCUT2D eigenvalue weighted by molar-refractivity contribution is 6.30. The van der Waals surface area contributed by atoms with Crippen LogP contribution in [-0.4, -0.2) is 10.9 Å². The fraction of sp³-hybridized carbons (Fsp3) is 0.318. The van der Waals surface area contributed by atoms with Gasteiger partial charge < -0.3 is 5.11 Å². The van der Waals surface area contributed by atoms with Gasteiger partial charge in [-0.2, -0.15) is 0 Å². The number of hydrogen-bond donors (Lipinski definition) is 1. The number of ketones is 1. The Morgan fingerprint density at radius 1 is 0.960 bits per heavy atom. The van der Waals surface area contributed by atoms with E-state index < -0.39 is 0 Å². The number of halogens is 1. The van der Waals surface area contributed by atoms with E-state index in [4.69, 9.17) is 11.6 Å². The number of carbonyl (C=O) groups excluding carboxylic acids is 1. The zero-order chi connectivity index (χ0) is 18.4. The molecule has 1 aliphatic rings. The predicted octanol–water partition coefficient (Wildman–Crippen LogP) is 6.28. The Morgan fingerprint density at radius 3 is 2.04 bits per heavy atom. The average Bonchev–Trinajstić information content (AvgIpc) is 2.48. The van der Waals surface area contributed by atoms with Gasteiger partial charge in [0.15, 0.2) is 5.78 Å². The van der Waals surface area contributed by atoms with Gasteiger partial charge in [-0.05, 0) is 59.2 Å². The minimum atomic E-state index is -0.185. The Hall–Kier alpha value is -2.06. The van der Waals surface area contributed by atoms with Crippen LogP contribution in [0.15, 0.2) is 42.2 Å². The number of hydrogen-bond acceptors (Lipinski definition) is 2. The van der Waals surface area contributed by atoms with Gasteiger partial charge in [-0.1, -0.05) is 49.7 Å². The summed E-state index contributed by atoms with van der Waals surface area (Å²) in [6, 6.07) is 11.9. The van der Waals surface area contributed by atoms with Crippen LogP contribution in [0.4, 0.5) is 0 Å². The maximum Gasteiger partial charge on any atom is 0.167 e. The first-order chi connectivity index (χ1) is 11.7. The average molecular weight is 355 g/mol. The van der Waals surface area contributed by atoms with Gasteiger partial charge in [0.1, 0.15) is 5.76 Å². The SMILES string of the molecule is Cc1cc(-c2ccc(Cl)cc2)cc(C)c1C1=C(O)CC(C)(C)CC1=O. The maximum atomic E-state index is 12.7. The number of carbonyl (C=O) groups is 1. The number of rotatable bonds is 2. The minimum Gasteiger partial charge on any atom is -0.512 e.